The van der Waals surface area contributed by atoms with Gasteiger partial charge in [-0.1, -0.05) is 0 Å². The monoisotopic (exact) mass is 488 g/mol. The molecule has 0 spiro atoms. The summed E-state index contributed by atoms with van der Waals surface area (Å²) in [6, 6.07) is 5.01. The number of carbonyl (C=O) groups is 1. The van der Waals surface area contributed by atoms with Crippen molar-refractivity contribution in [2.24, 2.45) is 0 Å². The van der Waals surface area contributed by atoms with Gasteiger partial charge < -0.3 is 15.4 Å². The molecule has 3 heterocycles. The Bertz CT molecular complexity index is 1280. The lowest BCUT2D eigenvalue weighted by molar-refractivity contribution is 0.0874. The molecule has 0 bridgehead atoms. The number of rotatable bonds is 5. The highest BCUT2D eigenvalue weighted by Crippen LogP contribution is 2.30. The van der Waals surface area contributed by atoms with Gasteiger partial charge in [-0.05, 0) is 78.1 Å². The van der Waals surface area contributed by atoms with Crippen molar-refractivity contribution in [3.05, 3.63) is 64.1 Å². The van der Waals surface area contributed by atoms with Crippen LogP contribution in [0.5, 0.6) is 5.88 Å². The third-order valence-electron chi connectivity index (χ3n) is 6.28. The standard InChI is InChI=1S/C26H31F3N4O2/c1-14-9-20-22(24(34)30-16-11-25(3,4)32-26(5,6)12-16)15(2)31-33(20)21(10-14)35-13-17-18(27)7-8-19(28)23(17)29/h7-10,16,32H,11-13H2,1-6H3,(H,30,34). The molecule has 0 aliphatic carbocycles. The molecule has 0 saturated carbocycles. The van der Waals surface area contributed by atoms with Crippen LogP contribution in [0.15, 0.2) is 24.3 Å². The molecular formula is C26H31F3N4O2. The normalized spacial score (nSPS) is 17.5. The van der Waals surface area contributed by atoms with Crippen LogP contribution in [-0.4, -0.2) is 32.6 Å². The number of aryl methyl sites for hydroxylation is 2. The van der Waals surface area contributed by atoms with E-state index in [1.165, 1.54) is 4.52 Å². The predicted molar refractivity (Wildman–Crippen MR) is 127 cm³/mol. The smallest absolute Gasteiger partial charge is 0.255 e. The molecule has 35 heavy (non-hydrogen) atoms. The molecule has 1 aliphatic heterocycles. The Morgan fingerprint density at radius 1 is 1.11 bits per heavy atom. The van der Waals surface area contributed by atoms with E-state index in [0.717, 1.165) is 30.5 Å². The van der Waals surface area contributed by atoms with Gasteiger partial charge in [0.15, 0.2) is 11.6 Å². The molecule has 0 radical (unpaired) electrons. The van der Waals surface area contributed by atoms with Crippen LogP contribution in [-0.2, 0) is 6.61 Å². The number of benzene rings is 1. The van der Waals surface area contributed by atoms with Crippen molar-refractivity contribution in [2.75, 3.05) is 0 Å². The van der Waals surface area contributed by atoms with Gasteiger partial charge in [0.1, 0.15) is 12.4 Å². The van der Waals surface area contributed by atoms with Crippen molar-refractivity contribution < 1.29 is 22.7 Å². The average molecular weight is 489 g/mol. The first-order valence-corrected chi connectivity index (χ1v) is 11.6. The van der Waals surface area contributed by atoms with Crippen molar-refractivity contribution >= 4 is 11.4 Å². The summed E-state index contributed by atoms with van der Waals surface area (Å²) in [6.07, 6.45) is 1.55. The van der Waals surface area contributed by atoms with Gasteiger partial charge in [-0.2, -0.15) is 9.61 Å². The summed E-state index contributed by atoms with van der Waals surface area (Å²) in [5.74, 6) is -3.41. The number of nitrogens with zero attached hydrogens (tertiary/aromatic N) is 2. The second-order valence-electron chi connectivity index (χ2n) is 10.7. The summed E-state index contributed by atoms with van der Waals surface area (Å²) in [5, 5.41) is 11.2. The zero-order valence-corrected chi connectivity index (χ0v) is 20.9. The van der Waals surface area contributed by atoms with Crippen LogP contribution < -0.4 is 15.4 Å². The fourth-order valence-corrected chi connectivity index (χ4v) is 5.27. The van der Waals surface area contributed by atoms with E-state index in [2.05, 4.69) is 43.4 Å². The molecule has 6 nitrogen and oxygen atoms in total. The number of hydrogen-bond donors (Lipinski definition) is 2. The third-order valence-corrected chi connectivity index (χ3v) is 6.28. The van der Waals surface area contributed by atoms with Gasteiger partial charge in [-0.3, -0.25) is 4.79 Å². The molecule has 1 fully saturated rings. The van der Waals surface area contributed by atoms with Gasteiger partial charge in [0.05, 0.1) is 22.3 Å². The topological polar surface area (TPSA) is 67.7 Å². The number of hydrogen-bond acceptors (Lipinski definition) is 4. The molecule has 9 heteroatoms. The molecule has 0 atom stereocenters. The van der Waals surface area contributed by atoms with Crippen LogP contribution in [0.25, 0.3) is 5.52 Å². The van der Waals surface area contributed by atoms with E-state index in [4.69, 9.17) is 4.74 Å². The van der Waals surface area contributed by atoms with Crippen molar-refractivity contribution in [3.8, 4) is 5.88 Å². The molecule has 1 aliphatic rings. The molecule has 1 aromatic carbocycles. The summed E-state index contributed by atoms with van der Waals surface area (Å²) in [7, 11) is 0. The number of halogens is 3. The highest BCUT2D eigenvalue weighted by Gasteiger charge is 2.38. The lowest BCUT2D eigenvalue weighted by Gasteiger charge is -2.46. The Hall–Kier alpha value is -3.07. The fourth-order valence-electron chi connectivity index (χ4n) is 5.27. The number of aromatic nitrogens is 2. The van der Waals surface area contributed by atoms with Crippen LogP contribution in [0.3, 0.4) is 0 Å². The molecule has 4 rings (SSSR count). The number of nitrogens with one attached hydrogen (secondary N) is 2. The van der Waals surface area contributed by atoms with Gasteiger partial charge in [-0.15, -0.1) is 0 Å². The van der Waals surface area contributed by atoms with E-state index in [9.17, 15) is 18.0 Å². The quantitative estimate of drug-likeness (QED) is 0.497. The highest BCUT2D eigenvalue weighted by molar-refractivity contribution is 6.02. The maximum atomic E-state index is 14.1. The van der Waals surface area contributed by atoms with Crippen molar-refractivity contribution in [3.63, 3.8) is 0 Å². The Kier molecular flexibility index (Phi) is 6.34. The number of carbonyl (C=O) groups excluding carboxylic acids is 1. The summed E-state index contributed by atoms with van der Waals surface area (Å²) in [6.45, 7) is 11.5. The minimum atomic E-state index is -1.29. The van der Waals surface area contributed by atoms with E-state index in [1.807, 2.05) is 6.92 Å². The van der Waals surface area contributed by atoms with E-state index in [-0.39, 0.29) is 28.9 Å². The summed E-state index contributed by atoms with van der Waals surface area (Å²) >= 11 is 0. The summed E-state index contributed by atoms with van der Waals surface area (Å²) < 4.78 is 48.8. The highest BCUT2D eigenvalue weighted by atomic mass is 19.2. The van der Waals surface area contributed by atoms with Crippen LogP contribution in [0.2, 0.25) is 0 Å². The molecule has 2 aromatic heterocycles. The largest absolute Gasteiger partial charge is 0.473 e. The maximum absolute atomic E-state index is 14.1. The first kappa shape index (κ1) is 25.0. The first-order valence-electron chi connectivity index (χ1n) is 11.6. The number of piperidine rings is 1. The lowest BCUT2D eigenvalue weighted by atomic mass is 9.79. The van der Waals surface area contributed by atoms with Crippen LogP contribution in [0.1, 0.15) is 67.7 Å². The van der Waals surface area contributed by atoms with Crippen LogP contribution in [0, 0.1) is 31.3 Å². The van der Waals surface area contributed by atoms with Crippen LogP contribution in [0.4, 0.5) is 13.2 Å². The van der Waals surface area contributed by atoms with Crippen molar-refractivity contribution in [2.45, 2.75) is 78.1 Å². The molecule has 2 N–H and O–H groups in total. The second kappa shape index (κ2) is 8.86. The molecule has 1 amide bonds. The lowest BCUT2D eigenvalue weighted by Crippen LogP contribution is -2.62. The number of amides is 1. The van der Waals surface area contributed by atoms with E-state index < -0.39 is 29.6 Å². The number of ether oxygens (including phenoxy) is 1. The van der Waals surface area contributed by atoms with Crippen molar-refractivity contribution in [1.82, 2.24) is 20.2 Å². The average Bonchev–Trinajstić information content (AvgIpc) is 3.04. The molecule has 188 valence electrons. The predicted octanol–water partition coefficient (Wildman–Crippen LogP) is 4.99. The Morgan fingerprint density at radius 2 is 1.74 bits per heavy atom. The zero-order valence-electron chi connectivity index (χ0n) is 20.9. The van der Waals surface area contributed by atoms with E-state index in [1.54, 1.807) is 19.1 Å². The Labute approximate surface area is 202 Å². The molecule has 1 saturated heterocycles. The first-order chi connectivity index (χ1) is 16.3. The van der Waals surface area contributed by atoms with Gasteiger partial charge >= 0.3 is 0 Å². The van der Waals surface area contributed by atoms with Gasteiger partial charge in [-0.25, -0.2) is 13.2 Å². The summed E-state index contributed by atoms with van der Waals surface area (Å²) in [5.41, 5.74) is 1.42. The Balaban J connectivity index is 1.63. The zero-order chi connectivity index (χ0) is 25.7. The second-order valence-corrected chi connectivity index (χ2v) is 10.7. The molecule has 3 aromatic rings. The molecular weight excluding hydrogens is 457 g/mol. The maximum Gasteiger partial charge on any atom is 0.255 e. The van der Waals surface area contributed by atoms with Gasteiger partial charge in [0.25, 0.3) is 5.91 Å². The van der Waals surface area contributed by atoms with E-state index >= 15 is 0 Å². The minimum Gasteiger partial charge on any atom is -0.473 e. The third kappa shape index (κ3) is 5.15. The minimum absolute atomic E-state index is 0.0254. The van der Waals surface area contributed by atoms with Crippen molar-refractivity contribution in [1.29, 1.82) is 0 Å². The molecule has 0 unspecified atom stereocenters. The SMILES string of the molecule is Cc1cc(OCc2c(F)ccc(F)c2F)n2nc(C)c(C(=O)NC3CC(C)(C)NC(C)(C)C3)c2c1. The summed E-state index contributed by atoms with van der Waals surface area (Å²) in [4.78, 5) is 13.4. The Morgan fingerprint density at radius 3 is 2.40 bits per heavy atom. The fraction of sp³-hybridized carbons (Fsp3) is 0.462. The number of fused-ring (bicyclic) bond motifs is 1. The van der Waals surface area contributed by atoms with Gasteiger partial charge in [0, 0.05) is 23.2 Å². The number of pyridine rings is 1. The van der Waals surface area contributed by atoms with Gasteiger partial charge in [0.2, 0.25) is 5.88 Å². The van der Waals surface area contributed by atoms with Crippen LogP contribution >= 0.6 is 0 Å². The van der Waals surface area contributed by atoms with E-state index in [0.29, 0.717) is 16.8 Å².